The van der Waals surface area contributed by atoms with E-state index in [1.807, 2.05) is 23.1 Å². The fourth-order valence-electron chi connectivity index (χ4n) is 2.37. The summed E-state index contributed by atoms with van der Waals surface area (Å²) in [5.74, 6) is 0. The van der Waals surface area contributed by atoms with Crippen LogP contribution in [0.1, 0.15) is 30.5 Å². The molecule has 0 radical (unpaired) electrons. The van der Waals surface area contributed by atoms with Gasteiger partial charge in [0.2, 0.25) is 0 Å². The van der Waals surface area contributed by atoms with Crippen LogP contribution in [0.4, 0.5) is 5.69 Å². The Balaban J connectivity index is 1.86. The lowest BCUT2D eigenvalue weighted by Gasteiger charge is -2.28. The van der Waals surface area contributed by atoms with Crippen LogP contribution >= 0.6 is 39.0 Å². The van der Waals surface area contributed by atoms with Gasteiger partial charge in [-0.3, -0.25) is 0 Å². The number of aryl methyl sites for hydroxylation is 1. The molecule has 1 aliphatic rings. The molecule has 0 bridgehead atoms. The third kappa shape index (κ3) is 2.86. The highest BCUT2D eigenvalue weighted by atomic mass is 79.9. The molecule has 1 nitrogen and oxygen atoms in total. The Hall–Kier alpha value is -0.450. The standard InChI is InChI=1S/C15H16BrNS2/c1-9-3-4-11(8-13(9)16)17-14-7-10(2)19-15-12(14)5-6-18-15/h3-6,8,10,14,17H,7H2,1-2H3/t10-,14?/m0/s1. The summed E-state index contributed by atoms with van der Waals surface area (Å²) in [6.07, 6.45) is 1.18. The predicted molar refractivity (Wildman–Crippen MR) is 89.5 cm³/mol. The van der Waals surface area contributed by atoms with Crippen molar-refractivity contribution < 1.29 is 0 Å². The maximum atomic E-state index is 3.68. The summed E-state index contributed by atoms with van der Waals surface area (Å²) in [6, 6.07) is 9.20. The van der Waals surface area contributed by atoms with Crippen molar-refractivity contribution in [1.29, 1.82) is 0 Å². The molecule has 19 heavy (non-hydrogen) atoms. The number of thioether (sulfide) groups is 1. The number of fused-ring (bicyclic) bond motifs is 1. The molecule has 0 amide bonds. The van der Waals surface area contributed by atoms with Crippen molar-refractivity contribution >= 4 is 44.7 Å². The van der Waals surface area contributed by atoms with Crippen LogP contribution in [0.5, 0.6) is 0 Å². The number of anilines is 1. The molecule has 3 rings (SSSR count). The van der Waals surface area contributed by atoms with Crippen LogP contribution in [0.25, 0.3) is 0 Å². The normalized spacial score (nSPS) is 22.1. The molecule has 100 valence electrons. The minimum absolute atomic E-state index is 0.437. The Labute approximate surface area is 130 Å². The van der Waals surface area contributed by atoms with Gasteiger partial charge in [-0.05, 0) is 48.1 Å². The minimum atomic E-state index is 0.437. The van der Waals surface area contributed by atoms with Gasteiger partial charge < -0.3 is 5.32 Å². The van der Waals surface area contributed by atoms with Gasteiger partial charge in [0.25, 0.3) is 0 Å². The first-order valence-corrected chi connectivity index (χ1v) is 8.95. The van der Waals surface area contributed by atoms with Crippen molar-refractivity contribution in [3.05, 3.63) is 45.2 Å². The second kappa shape index (κ2) is 5.51. The van der Waals surface area contributed by atoms with Gasteiger partial charge in [-0.1, -0.05) is 28.9 Å². The quantitative estimate of drug-likeness (QED) is 0.725. The zero-order valence-corrected chi connectivity index (χ0v) is 14.2. The molecular weight excluding hydrogens is 338 g/mol. The van der Waals surface area contributed by atoms with E-state index in [2.05, 4.69) is 64.7 Å². The van der Waals surface area contributed by atoms with Crippen molar-refractivity contribution in [2.24, 2.45) is 0 Å². The number of benzene rings is 1. The van der Waals surface area contributed by atoms with Crippen LogP contribution in [0, 0.1) is 6.92 Å². The number of nitrogens with one attached hydrogen (secondary N) is 1. The van der Waals surface area contributed by atoms with Gasteiger partial charge in [0, 0.05) is 15.4 Å². The molecule has 2 atom stereocenters. The molecule has 0 fully saturated rings. The van der Waals surface area contributed by atoms with Crippen molar-refractivity contribution in [3.63, 3.8) is 0 Å². The lowest BCUT2D eigenvalue weighted by molar-refractivity contribution is 0.670. The topological polar surface area (TPSA) is 12.0 Å². The van der Waals surface area contributed by atoms with Gasteiger partial charge in [-0.15, -0.1) is 23.1 Å². The van der Waals surface area contributed by atoms with E-state index >= 15 is 0 Å². The van der Waals surface area contributed by atoms with Gasteiger partial charge in [0.05, 0.1) is 10.3 Å². The SMILES string of the molecule is Cc1ccc(NC2C[C@H](C)Sc3sccc32)cc1Br. The number of rotatable bonds is 2. The lowest BCUT2D eigenvalue weighted by atomic mass is 10.0. The van der Waals surface area contributed by atoms with Crippen LogP contribution in [-0.4, -0.2) is 5.25 Å². The number of hydrogen-bond donors (Lipinski definition) is 1. The highest BCUT2D eigenvalue weighted by Gasteiger charge is 2.26. The summed E-state index contributed by atoms with van der Waals surface area (Å²) < 4.78 is 2.64. The smallest absolute Gasteiger partial charge is 0.0653 e. The Bertz CT molecular complexity index is 594. The molecule has 0 saturated carbocycles. The average Bonchev–Trinajstić information content (AvgIpc) is 2.82. The average molecular weight is 354 g/mol. The molecule has 0 aliphatic carbocycles. The Morgan fingerprint density at radius 3 is 2.95 bits per heavy atom. The van der Waals surface area contributed by atoms with E-state index in [0.29, 0.717) is 11.3 Å². The zero-order valence-electron chi connectivity index (χ0n) is 10.9. The first kappa shape index (κ1) is 13.5. The molecule has 2 aromatic rings. The summed E-state index contributed by atoms with van der Waals surface area (Å²) in [5, 5.41) is 6.57. The van der Waals surface area contributed by atoms with Crippen LogP contribution in [-0.2, 0) is 0 Å². The summed E-state index contributed by atoms with van der Waals surface area (Å²) in [4.78, 5) is 0. The largest absolute Gasteiger partial charge is 0.378 e. The van der Waals surface area contributed by atoms with E-state index in [-0.39, 0.29) is 0 Å². The van der Waals surface area contributed by atoms with Crippen LogP contribution < -0.4 is 5.32 Å². The van der Waals surface area contributed by atoms with Crippen molar-refractivity contribution in [2.45, 2.75) is 35.8 Å². The number of hydrogen-bond acceptors (Lipinski definition) is 3. The van der Waals surface area contributed by atoms with Crippen molar-refractivity contribution in [1.82, 2.24) is 0 Å². The van der Waals surface area contributed by atoms with Crippen LogP contribution in [0.3, 0.4) is 0 Å². The molecule has 2 heterocycles. The van der Waals surface area contributed by atoms with E-state index in [1.165, 1.54) is 31.9 Å². The Kier molecular flexibility index (Phi) is 3.92. The minimum Gasteiger partial charge on any atom is -0.378 e. The van der Waals surface area contributed by atoms with E-state index < -0.39 is 0 Å². The van der Waals surface area contributed by atoms with Gasteiger partial charge in [0.15, 0.2) is 0 Å². The molecule has 1 N–H and O–H groups in total. The van der Waals surface area contributed by atoms with Gasteiger partial charge >= 0.3 is 0 Å². The molecule has 4 heteroatoms. The van der Waals surface area contributed by atoms with E-state index in [9.17, 15) is 0 Å². The van der Waals surface area contributed by atoms with Crippen LogP contribution in [0.15, 0.2) is 38.3 Å². The molecule has 1 aromatic heterocycles. The second-order valence-electron chi connectivity index (χ2n) is 4.99. The highest BCUT2D eigenvalue weighted by molar-refractivity contribution is 9.10. The Morgan fingerprint density at radius 2 is 2.16 bits per heavy atom. The molecule has 0 saturated heterocycles. The van der Waals surface area contributed by atoms with E-state index in [0.717, 1.165) is 0 Å². The van der Waals surface area contributed by atoms with E-state index in [4.69, 9.17) is 0 Å². The van der Waals surface area contributed by atoms with Gasteiger partial charge in [-0.25, -0.2) is 0 Å². The number of thiophene rings is 1. The van der Waals surface area contributed by atoms with E-state index in [1.54, 1.807) is 0 Å². The summed E-state index contributed by atoms with van der Waals surface area (Å²) in [5.41, 5.74) is 3.93. The fourth-order valence-corrected chi connectivity index (χ4v) is 5.32. The first-order valence-electron chi connectivity index (χ1n) is 6.40. The third-order valence-corrected chi connectivity index (χ3v) is 6.62. The second-order valence-corrected chi connectivity index (χ2v) is 8.47. The monoisotopic (exact) mass is 353 g/mol. The van der Waals surface area contributed by atoms with Crippen molar-refractivity contribution in [2.75, 3.05) is 5.32 Å². The first-order chi connectivity index (χ1) is 9.13. The number of halogens is 1. The zero-order chi connectivity index (χ0) is 13.4. The summed E-state index contributed by atoms with van der Waals surface area (Å²) >= 11 is 7.48. The summed E-state index contributed by atoms with van der Waals surface area (Å²) in [6.45, 7) is 4.43. The molecule has 0 spiro atoms. The van der Waals surface area contributed by atoms with Gasteiger partial charge in [0.1, 0.15) is 0 Å². The van der Waals surface area contributed by atoms with Crippen molar-refractivity contribution in [3.8, 4) is 0 Å². The summed E-state index contributed by atoms with van der Waals surface area (Å²) in [7, 11) is 0. The molecule has 1 unspecified atom stereocenters. The van der Waals surface area contributed by atoms with Gasteiger partial charge in [-0.2, -0.15) is 0 Å². The predicted octanol–water partition coefficient (Wildman–Crippen LogP) is 5.86. The maximum Gasteiger partial charge on any atom is 0.0653 e. The maximum absolute atomic E-state index is 3.68. The lowest BCUT2D eigenvalue weighted by Crippen LogP contribution is -2.18. The fraction of sp³-hybridized carbons (Fsp3) is 0.333. The third-order valence-electron chi connectivity index (χ3n) is 3.42. The highest BCUT2D eigenvalue weighted by Crippen LogP contribution is 2.45. The van der Waals surface area contributed by atoms with Crippen LogP contribution in [0.2, 0.25) is 0 Å². The molecular formula is C15H16BrNS2. The molecule has 1 aliphatic heterocycles. The molecule has 1 aromatic carbocycles. The Morgan fingerprint density at radius 1 is 1.32 bits per heavy atom.